The maximum absolute atomic E-state index is 13.1. The number of phenolic OH excluding ortho intramolecular Hbond substituents is 1. The normalized spacial score (nSPS) is 29.8. The molecule has 5 aliphatic heterocycles. The first-order chi connectivity index (χ1) is 21.2. The van der Waals surface area contributed by atoms with E-state index in [4.69, 9.17) is 35.0 Å². The third kappa shape index (κ3) is 4.85. The number of hydrogen-bond acceptors (Lipinski definition) is 11. The Balaban J connectivity index is 0.00000357. The first-order valence-electron chi connectivity index (χ1n) is 14.8. The molecule has 0 aromatic heterocycles. The predicted molar refractivity (Wildman–Crippen MR) is 161 cm³/mol. The van der Waals surface area contributed by atoms with Gasteiger partial charge >= 0.3 is 5.97 Å². The van der Waals surface area contributed by atoms with Gasteiger partial charge < -0.3 is 33.5 Å². The molecular formula is C32H37AcN3O8S. The number of piperazine rings is 1. The first kappa shape index (κ1) is 33.0. The topological polar surface area (TPSA) is 104 Å². The second-order valence-corrected chi connectivity index (χ2v) is 13.4. The summed E-state index contributed by atoms with van der Waals surface area (Å²) in [5, 5.41) is 11.6. The number of esters is 1. The van der Waals surface area contributed by atoms with Crippen LogP contribution < -0.4 is 18.9 Å². The molecular weight excluding hydrogens is 813 g/mol. The molecule has 2 fully saturated rings. The fourth-order valence-corrected chi connectivity index (χ4v) is 9.52. The number of aromatic hydroxyl groups is 1. The fraction of sp³-hybridized carbons (Fsp3) is 0.562. The minimum atomic E-state index is -0.557. The number of carbonyl (C=O) groups is 1. The van der Waals surface area contributed by atoms with Crippen LogP contribution in [-0.2, 0) is 20.7 Å². The third-order valence-corrected chi connectivity index (χ3v) is 11.5. The van der Waals surface area contributed by atoms with E-state index < -0.39 is 12.2 Å². The van der Waals surface area contributed by atoms with Crippen molar-refractivity contribution in [1.82, 2.24) is 9.80 Å². The number of ether oxygens (including phenoxy) is 6. The molecule has 2 saturated heterocycles. The number of hydrogen-bond donors (Lipinski definition) is 1. The van der Waals surface area contributed by atoms with E-state index in [2.05, 4.69) is 27.8 Å². The number of likely N-dealkylation sites (N-methyl/N-ethyl adjacent to an activating group) is 1. The molecule has 7 rings (SSSR count). The maximum atomic E-state index is 13.1. The Kier molecular flexibility index (Phi) is 9.23. The van der Waals surface area contributed by atoms with Crippen LogP contribution in [0, 0.1) is 70.4 Å². The number of rotatable bonds is 4. The van der Waals surface area contributed by atoms with Gasteiger partial charge in [-0.1, -0.05) is 13.0 Å². The van der Waals surface area contributed by atoms with Gasteiger partial charge in [0.2, 0.25) is 6.79 Å². The summed E-state index contributed by atoms with van der Waals surface area (Å²) in [6.07, 6.45) is 0.0658. The molecule has 2 aromatic rings. The van der Waals surface area contributed by atoms with Crippen LogP contribution in [0.1, 0.15) is 57.6 Å². The number of nitrogens with zero attached hydrogens (tertiary/aromatic N) is 3. The summed E-state index contributed by atoms with van der Waals surface area (Å²) in [5.41, 5.74) is 5.17. The van der Waals surface area contributed by atoms with Crippen LogP contribution in [-0.4, -0.2) is 86.3 Å². The van der Waals surface area contributed by atoms with Crippen LogP contribution >= 0.6 is 11.8 Å². The molecule has 5 heterocycles. The molecule has 45 heavy (non-hydrogen) atoms. The van der Waals surface area contributed by atoms with E-state index in [0.717, 1.165) is 27.8 Å². The Morgan fingerprint density at radius 3 is 2.60 bits per heavy atom. The maximum Gasteiger partial charge on any atom is 0.309 e. The van der Waals surface area contributed by atoms with Gasteiger partial charge in [-0.3, -0.25) is 14.5 Å². The van der Waals surface area contributed by atoms with Crippen LogP contribution in [0.5, 0.6) is 28.7 Å². The molecule has 2 aromatic carbocycles. The standard InChI is InChI=1S/C32H37N3O8S.Ac/c1-14-8-17-9-18-31(33-4)35-19-10-40-32(37)15(2)11-44-30(22-21(19)29-27(42-13-43-29)16(3)25(22)36)24(35)23(34(18)5)20(17)28(26(14)39-7)41-12-38-6;/h8,15,18-19,23-24,30-31,36H,9-13H2,1-3,5-7H3;/t15-,18-,19+,23+,24?,30+,31+;/m0./s1. The van der Waals surface area contributed by atoms with E-state index in [9.17, 15) is 9.90 Å². The number of cyclic esters (lactones) is 1. The Morgan fingerprint density at radius 2 is 1.89 bits per heavy atom. The largest absolute Gasteiger partial charge is 0.507 e. The molecule has 13 heteroatoms. The summed E-state index contributed by atoms with van der Waals surface area (Å²) in [6, 6.07) is 0.912. The molecule has 0 saturated carbocycles. The zero-order valence-electron chi connectivity index (χ0n) is 26.3. The van der Waals surface area contributed by atoms with E-state index in [1.165, 1.54) is 0 Å². The summed E-state index contributed by atoms with van der Waals surface area (Å²) >= 11 is 1.61. The van der Waals surface area contributed by atoms with Gasteiger partial charge in [-0.05, 0) is 38.4 Å². The predicted octanol–water partition coefficient (Wildman–Crippen LogP) is 4.28. The fourth-order valence-electron chi connectivity index (χ4n) is 8.00. The van der Waals surface area contributed by atoms with Gasteiger partial charge in [0.25, 0.3) is 6.17 Å². The van der Waals surface area contributed by atoms with Crippen molar-refractivity contribution in [2.24, 2.45) is 5.92 Å². The number of thioether (sulfide) groups is 1. The van der Waals surface area contributed by atoms with Crippen LogP contribution in [0.25, 0.3) is 4.85 Å². The van der Waals surface area contributed by atoms with Crippen LogP contribution in [0.3, 0.4) is 0 Å². The smallest absolute Gasteiger partial charge is 0.309 e. The van der Waals surface area contributed by atoms with E-state index in [1.807, 2.05) is 20.8 Å². The SMILES string of the molecule is [Ac].[C-]#[N+][C@H]1[C@@H]2Cc3cc(C)c(OC)c(OCOC)c3[C@H](C3[C@@H]4SC[C@H](C)C(=O)OC[C@H](c5c6c(c(C)c(O)c54)OCO6)N31)N2C. The molecule has 0 spiro atoms. The summed E-state index contributed by atoms with van der Waals surface area (Å²) < 4.78 is 35.5. The van der Waals surface area contributed by atoms with Gasteiger partial charge in [0.1, 0.15) is 18.4 Å². The molecule has 1 N–H and O–H groups in total. The number of aryl methyl sites for hydroxylation is 1. The molecule has 237 valence electrons. The number of phenols is 1. The minimum absolute atomic E-state index is 0. The Labute approximate surface area is 303 Å². The van der Waals surface area contributed by atoms with Gasteiger partial charge in [0, 0.05) is 79.2 Å². The van der Waals surface area contributed by atoms with Gasteiger partial charge in [-0.15, -0.1) is 0 Å². The quantitative estimate of drug-likeness (QED) is 0.271. The van der Waals surface area contributed by atoms with E-state index in [0.29, 0.717) is 40.7 Å². The number of carbonyl (C=O) groups excluding carboxylic acids is 1. The molecule has 0 amide bonds. The molecule has 11 nitrogen and oxygen atoms in total. The molecule has 7 atom stereocenters. The van der Waals surface area contributed by atoms with Crippen molar-refractivity contribution < 1.29 is 82.4 Å². The van der Waals surface area contributed by atoms with Crippen LogP contribution in [0.2, 0.25) is 0 Å². The van der Waals surface area contributed by atoms with Crippen molar-refractivity contribution in [1.29, 1.82) is 0 Å². The number of fused-ring (bicyclic) bond motifs is 9. The van der Waals surface area contributed by atoms with E-state index in [1.54, 1.807) is 26.0 Å². The van der Waals surface area contributed by atoms with Crippen molar-refractivity contribution >= 4 is 17.7 Å². The van der Waals surface area contributed by atoms with Crippen molar-refractivity contribution in [2.75, 3.05) is 47.2 Å². The molecule has 5 aliphatic rings. The number of benzene rings is 2. The van der Waals surface area contributed by atoms with Gasteiger partial charge in [-0.2, -0.15) is 11.8 Å². The number of methoxy groups -OCH3 is 2. The molecule has 0 aliphatic carbocycles. The van der Waals surface area contributed by atoms with Gasteiger partial charge in [-0.25, -0.2) is 11.5 Å². The van der Waals surface area contributed by atoms with Gasteiger partial charge in [0.15, 0.2) is 29.8 Å². The van der Waals surface area contributed by atoms with Crippen LogP contribution in [0.4, 0.5) is 0 Å². The van der Waals surface area contributed by atoms with E-state index >= 15 is 0 Å². The minimum Gasteiger partial charge on any atom is -0.507 e. The average Bonchev–Trinajstić information content (AvgIpc) is 3.50. The third-order valence-electron chi connectivity index (χ3n) is 9.91. The Morgan fingerprint density at radius 1 is 1.13 bits per heavy atom. The second-order valence-electron chi connectivity index (χ2n) is 12.2. The van der Waals surface area contributed by atoms with Crippen molar-refractivity contribution in [3.05, 3.63) is 50.9 Å². The van der Waals surface area contributed by atoms with Crippen molar-refractivity contribution in [2.45, 2.75) is 62.8 Å². The van der Waals surface area contributed by atoms with Crippen molar-refractivity contribution in [3.63, 3.8) is 0 Å². The van der Waals surface area contributed by atoms with Crippen molar-refractivity contribution in [3.8, 4) is 28.7 Å². The Hall–Kier alpha value is -1.93. The zero-order valence-corrected chi connectivity index (χ0v) is 31.8. The summed E-state index contributed by atoms with van der Waals surface area (Å²) in [4.78, 5) is 21.9. The van der Waals surface area contributed by atoms with Crippen LogP contribution in [0.15, 0.2) is 6.07 Å². The molecule has 4 bridgehead atoms. The monoisotopic (exact) mass is 850 g/mol. The summed E-state index contributed by atoms with van der Waals surface area (Å²) in [7, 11) is 5.31. The zero-order chi connectivity index (χ0) is 31.0. The summed E-state index contributed by atoms with van der Waals surface area (Å²) in [6.45, 7) is 14.3. The Bertz CT molecular complexity index is 1580. The van der Waals surface area contributed by atoms with E-state index in [-0.39, 0.29) is 105 Å². The average molecular weight is 851 g/mol. The van der Waals surface area contributed by atoms with Gasteiger partial charge in [0.05, 0.1) is 36.4 Å². The second kappa shape index (κ2) is 12.6. The summed E-state index contributed by atoms with van der Waals surface area (Å²) in [5.74, 6) is 2.35. The first-order valence-corrected chi connectivity index (χ1v) is 15.9. The molecule has 1 radical (unpaired) electrons. The molecule has 1 unspecified atom stereocenters.